The third-order valence-corrected chi connectivity index (χ3v) is 19.0. The first kappa shape index (κ1) is 51.2. The van der Waals surface area contributed by atoms with Crippen LogP contribution >= 0.6 is 23.8 Å². The molecule has 4 heteroatoms. The molecule has 340 valence electrons. The summed E-state index contributed by atoms with van der Waals surface area (Å²) in [5.74, 6) is 0. The molecule has 0 aliphatic heterocycles. The molecule has 0 aromatic heterocycles. The van der Waals surface area contributed by atoms with E-state index in [1.807, 2.05) is 0 Å². The van der Waals surface area contributed by atoms with Crippen molar-refractivity contribution in [2.24, 2.45) is 0 Å². The molecule has 0 atom stereocenters. The first-order chi connectivity index (χ1) is 31.9. The largest absolute Gasteiger partial charge is 0.0587 e. The Morgan fingerprint density at radius 1 is 0.149 bits per heavy atom. The number of rotatable bonds is 9. The Morgan fingerprint density at radius 3 is 0.299 bits per heavy atom. The van der Waals surface area contributed by atoms with Gasteiger partial charge in [0.05, 0.1) is 0 Å². The van der Waals surface area contributed by atoms with Crippen LogP contribution in [0, 0.1) is 62.3 Å². The minimum atomic E-state index is -0.483. The third kappa shape index (κ3) is 14.4. The minimum absolute atomic E-state index is 0. The van der Waals surface area contributed by atoms with E-state index in [2.05, 4.69) is 281 Å². The van der Waals surface area contributed by atoms with E-state index in [4.69, 9.17) is 0 Å². The molecule has 0 spiro atoms. The van der Waals surface area contributed by atoms with E-state index in [0.717, 1.165) is 0 Å². The van der Waals surface area contributed by atoms with Crippen molar-refractivity contribution in [2.75, 3.05) is 0 Å². The van der Waals surface area contributed by atoms with Crippen molar-refractivity contribution in [3.05, 3.63) is 268 Å². The minimum Gasteiger partial charge on any atom is -0.0587 e. The van der Waals surface area contributed by atoms with Gasteiger partial charge in [-0.1, -0.05) is 268 Å². The average Bonchev–Trinajstić information content (AvgIpc) is 3.33. The van der Waals surface area contributed by atoms with Gasteiger partial charge in [0.15, 0.2) is 0 Å². The van der Waals surface area contributed by atoms with Gasteiger partial charge in [0, 0.05) is 16.5 Å². The summed E-state index contributed by atoms with van der Waals surface area (Å²) >= 11 is 0. The Labute approximate surface area is 416 Å². The summed E-state index contributed by atoms with van der Waals surface area (Å²) in [4.78, 5) is 0. The zero-order chi connectivity index (χ0) is 46.6. The molecule has 0 unspecified atom stereocenters. The SMILES string of the molecule is Cc1ccc(P(c2ccc(C)cc2)c2ccc(C)cc2)cc1.Cc1ccc(P(c2ccc(C)cc2)c2ccc(C)cc2)cc1.Cc1ccc(P(c2ccc(C)cc2)c2ccc(C)cc2)cc1.[Ni]. The fraction of sp³-hybridized carbons (Fsp3) is 0.143. The summed E-state index contributed by atoms with van der Waals surface area (Å²) < 4.78 is 0. The third-order valence-electron chi connectivity index (χ3n) is 11.6. The van der Waals surface area contributed by atoms with Gasteiger partial charge in [-0.05, 0) is 134 Å². The smallest absolute Gasteiger partial charge is 0 e. The number of hydrogen-bond donors (Lipinski definition) is 0. The monoisotopic (exact) mass is 970 g/mol. The van der Waals surface area contributed by atoms with E-state index in [1.165, 1.54) is 97.8 Å². The van der Waals surface area contributed by atoms with E-state index >= 15 is 0 Å². The second kappa shape index (κ2) is 24.7. The summed E-state index contributed by atoms with van der Waals surface area (Å²) in [6, 6.07) is 80.9. The van der Waals surface area contributed by atoms with Crippen LogP contribution in [0.2, 0.25) is 0 Å². The molecule has 0 N–H and O–H groups in total. The van der Waals surface area contributed by atoms with E-state index in [1.54, 1.807) is 0 Å². The topological polar surface area (TPSA) is 0 Å². The van der Waals surface area contributed by atoms with Crippen LogP contribution in [0.1, 0.15) is 50.1 Å². The Hall–Kier alpha value is -5.24. The zero-order valence-electron chi connectivity index (χ0n) is 40.4. The van der Waals surface area contributed by atoms with Crippen molar-refractivity contribution in [3.8, 4) is 0 Å². The van der Waals surface area contributed by atoms with Crippen molar-refractivity contribution in [2.45, 2.75) is 62.3 Å². The fourth-order valence-corrected chi connectivity index (χ4v) is 14.3. The van der Waals surface area contributed by atoms with Gasteiger partial charge in [-0.25, -0.2) is 0 Å². The van der Waals surface area contributed by atoms with Crippen LogP contribution in [0.3, 0.4) is 0 Å². The van der Waals surface area contributed by atoms with E-state index < -0.39 is 23.8 Å². The van der Waals surface area contributed by atoms with Gasteiger partial charge in [0.2, 0.25) is 0 Å². The first-order valence-corrected chi connectivity index (χ1v) is 26.9. The van der Waals surface area contributed by atoms with Crippen molar-refractivity contribution in [3.63, 3.8) is 0 Å². The summed E-state index contributed by atoms with van der Waals surface area (Å²) in [5, 5.41) is 12.7. The van der Waals surface area contributed by atoms with E-state index in [9.17, 15) is 0 Å². The second-order valence-electron chi connectivity index (χ2n) is 17.5. The second-order valence-corrected chi connectivity index (χ2v) is 24.2. The average molecular weight is 972 g/mol. The van der Waals surface area contributed by atoms with Gasteiger partial charge >= 0.3 is 0 Å². The van der Waals surface area contributed by atoms with Gasteiger partial charge in [0.25, 0.3) is 0 Å². The number of hydrogen-bond acceptors (Lipinski definition) is 0. The maximum absolute atomic E-state index is 2.28. The van der Waals surface area contributed by atoms with Crippen LogP contribution in [-0.4, -0.2) is 0 Å². The molecule has 0 saturated carbocycles. The predicted octanol–water partition coefficient (Wildman–Crippen LogP) is 13.1. The maximum Gasteiger partial charge on any atom is 0 e. The predicted molar refractivity (Wildman–Crippen MR) is 298 cm³/mol. The molecule has 67 heavy (non-hydrogen) atoms. The molecule has 0 fully saturated rings. The summed E-state index contributed by atoms with van der Waals surface area (Å²) in [6.45, 7) is 19.3. The normalized spacial score (nSPS) is 10.7. The Kier molecular flexibility index (Phi) is 18.9. The molecule has 0 radical (unpaired) electrons. The molecule has 9 aromatic rings. The summed E-state index contributed by atoms with van der Waals surface area (Å²) in [7, 11) is -1.45. The molecule has 0 nitrogen and oxygen atoms in total. The molecule has 9 aromatic carbocycles. The van der Waals surface area contributed by atoms with Crippen LogP contribution in [0.25, 0.3) is 0 Å². The van der Waals surface area contributed by atoms with Crippen molar-refractivity contribution < 1.29 is 16.5 Å². The maximum atomic E-state index is 2.28. The van der Waals surface area contributed by atoms with Gasteiger partial charge in [-0.2, -0.15) is 0 Å². The van der Waals surface area contributed by atoms with E-state index in [0.29, 0.717) is 0 Å². The van der Waals surface area contributed by atoms with Crippen molar-refractivity contribution in [1.82, 2.24) is 0 Å². The molecule has 0 saturated heterocycles. The van der Waals surface area contributed by atoms with Crippen molar-refractivity contribution >= 4 is 71.5 Å². The Bertz CT molecular complexity index is 2220. The molecular formula is C63H63NiP3. The standard InChI is InChI=1S/3C21H21P.Ni/c3*1-16-4-10-19(11-5-16)22(20-12-6-17(2)7-13-20)21-14-8-18(3)9-15-21;/h3*4-15H,1-3H3;. The van der Waals surface area contributed by atoms with Crippen LogP contribution in [0.5, 0.6) is 0 Å². The van der Waals surface area contributed by atoms with Crippen LogP contribution in [0.4, 0.5) is 0 Å². The summed E-state index contributed by atoms with van der Waals surface area (Å²) in [6.07, 6.45) is 0. The van der Waals surface area contributed by atoms with Crippen LogP contribution < -0.4 is 47.7 Å². The summed E-state index contributed by atoms with van der Waals surface area (Å²) in [5.41, 5.74) is 11.8. The quantitative estimate of drug-likeness (QED) is 0.0999. The molecule has 0 aliphatic rings. The van der Waals surface area contributed by atoms with Gasteiger partial charge in [-0.3, -0.25) is 0 Å². The molecule has 0 heterocycles. The van der Waals surface area contributed by atoms with E-state index in [-0.39, 0.29) is 16.5 Å². The van der Waals surface area contributed by atoms with Gasteiger partial charge in [-0.15, -0.1) is 0 Å². The number of aryl methyl sites for hydroxylation is 9. The Balaban J connectivity index is 0.000000165. The van der Waals surface area contributed by atoms with Crippen molar-refractivity contribution in [1.29, 1.82) is 0 Å². The molecule has 0 bridgehead atoms. The first-order valence-electron chi connectivity index (χ1n) is 22.9. The molecular weight excluding hydrogens is 908 g/mol. The van der Waals surface area contributed by atoms with Gasteiger partial charge < -0.3 is 0 Å². The Morgan fingerprint density at radius 2 is 0.224 bits per heavy atom. The van der Waals surface area contributed by atoms with Gasteiger partial charge in [0.1, 0.15) is 0 Å². The number of benzene rings is 9. The molecule has 0 amide bonds. The fourth-order valence-electron chi connectivity index (χ4n) is 7.59. The zero-order valence-corrected chi connectivity index (χ0v) is 44.1. The molecule has 0 aliphatic carbocycles. The van der Waals surface area contributed by atoms with Crippen LogP contribution in [0.15, 0.2) is 218 Å². The van der Waals surface area contributed by atoms with Crippen LogP contribution in [-0.2, 0) is 16.5 Å². The molecule has 9 rings (SSSR count).